The molecule has 2 amide bonds. The predicted molar refractivity (Wildman–Crippen MR) is 166 cm³/mol. The van der Waals surface area contributed by atoms with Crippen LogP contribution < -0.4 is 5.32 Å². The summed E-state index contributed by atoms with van der Waals surface area (Å²) in [6.45, 7) is 17.6. The molecule has 1 aromatic heterocycles. The molecular formula is C31H45N7O8. The molecule has 5 atom stereocenters. The van der Waals surface area contributed by atoms with Crippen LogP contribution in [-0.2, 0) is 34.9 Å². The first kappa shape index (κ1) is 34.9. The highest BCUT2D eigenvalue weighted by Gasteiger charge is 2.62. The van der Waals surface area contributed by atoms with Crippen molar-refractivity contribution in [2.24, 2.45) is 11.0 Å². The number of fused-ring (bicyclic) bond motifs is 2. The molecule has 2 saturated heterocycles. The van der Waals surface area contributed by atoms with E-state index in [9.17, 15) is 14.4 Å². The van der Waals surface area contributed by atoms with E-state index in [-0.39, 0.29) is 18.3 Å². The number of nitrogens with one attached hydrogen (secondary N) is 1. The summed E-state index contributed by atoms with van der Waals surface area (Å²) in [5.41, 5.74) is 9.23. The van der Waals surface area contributed by atoms with E-state index < -0.39 is 65.5 Å². The standard InChI is InChI=1S/C31H45N7O8/c1-16(2)13-19(35-27(40)45-29(3,4)5)26(39)42-14-20-23-24(44-31(9,10)43-23)22(38(20)28(41)46-30(6,7)8)17-11-12-18-21(17)33-15-34-25(18)36-37-32/h11,15-16,19-20,22-24H,12-14H2,1-10H3,(H,35,40)/t19-,20+,22-,23+,24-/m0/s1. The van der Waals surface area contributed by atoms with Crippen LogP contribution >= 0.6 is 0 Å². The number of esters is 1. The summed E-state index contributed by atoms with van der Waals surface area (Å²) >= 11 is 0. The molecule has 1 aromatic rings. The normalized spacial score (nSPS) is 24.0. The van der Waals surface area contributed by atoms with Crippen LogP contribution in [0.2, 0.25) is 0 Å². The number of likely N-dealkylation sites (tertiary alicyclic amines) is 1. The largest absolute Gasteiger partial charge is 0.462 e. The number of carbonyl (C=O) groups excluding carboxylic acids is 3. The molecule has 0 bridgehead atoms. The summed E-state index contributed by atoms with van der Waals surface area (Å²) in [7, 11) is 0. The van der Waals surface area contributed by atoms with Crippen LogP contribution in [0.5, 0.6) is 0 Å². The van der Waals surface area contributed by atoms with Gasteiger partial charge in [0.1, 0.15) is 48.2 Å². The van der Waals surface area contributed by atoms with Gasteiger partial charge in [-0.25, -0.2) is 24.4 Å². The summed E-state index contributed by atoms with van der Waals surface area (Å²) in [5.74, 6) is -1.46. The van der Waals surface area contributed by atoms with Crippen molar-refractivity contribution < 1.29 is 38.1 Å². The first-order valence-corrected chi connectivity index (χ1v) is 15.4. The summed E-state index contributed by atoms with van der Waals surface area (Å²) in [6.07, 6.45) is 1.05. The molecule has 252 valence electrons. The zero-order chi connectivity index (χ0) is 34.2. The second-order valence-electron chi connectivity index (χ2n) is 14.5. The Kier molecular flexibility index (Phi) is 9.91. The van der Waals surface area contributed by atoms with Gasteiger partial charge in [0.05, 0.1) is 17.8 Å². The lowest BCUT2D eigenvalue weighted by molar-refractivity contribution is -0.169. The summed E-state index contributed by atoms with van der Waals surface area (Å²) in [6, 6.07) is -2.58. The monoisotopic (exact) mass is 643 g/mol. The Morgan fingerprint density at radius 1 is 1.11 bits per heavy atom. The van der Waals surface area contributed by atoms with Gasteiger partial charge in [-0.1, -0.05) is 19.9 Å². The van der Waals surface area contributed by atoms with Crippen molar-refractivity contribution in [2.75, 3.05) is 6.61 Å². The second kappa shape index (κ2) is 13.0. The maximum absolute atomic E-state index is 14.0. The quantitative estimate of drug-likeness (QED) is 0.127. The van der Waals surface area contributed by atoms with Gasteiger partial charge < -0.3 is 29.0 Å². The minimum atomic E-state index is -1.02. The van der Waals surface area contributed by atoms with Crippen LogP contribution in [0.15, 0.2) is 17.5 Å². The molecule has 4 rings (SSSR count). The molecule has 1 aliphatic carbocycles. The van der Waals surface area contributed by atoms with Gasteiger partial charge in [0.2, 0.25) is 0 Å². The Balaban J connectivity index is 1.68. The Labute approximate surface area is 269 Å². The fourth-order valence-electron chi connectivity index (χ4n) is 5.89. The van der Waals surface area contributed by atoms with E-state index in [1.165, 1.54) is 11.2 Å². The third kappa shape index (κ3) is 8.06. The SMILES string of the molecule is CC(C)C[C@H](NC(=O)OC(C)(C)C)C(=O)OC[C@@H]1[C@H]2OC(C)(C)O[C@H]2[C@H](C2=CCc3c(N=[N+]=[N-])ncnc32)N1C(=O)OC(C)(C)C. The smallest absolute Gasteiger partial charge is 0.411 e. The second-order valence-corrected chi connectivity index (χ2v) is 14.5. The molecule has 0 spiro atoms. The molecule has 15 nitrogen and oxygen atoms in total. The van der Waals surface area contributed by atoms with Crippen molar-refractivity contribution >= 4 is 29.5 Å². The number of carbonyl (C=O) groups is 3. The highest BCUT2D eigenvalue weighted by atomic mass is 16.8. The van der Waals surface area contributed by atoms with E-state index in [1.54, 1.807) is 55.4 Å². The van der Waals surface area contributed by atoms with E-state index in [1.807, 2.05) is 19.9 Å². The number of azide groups is 1. The molecule has 2 fully saturated rings. The third-order valence-electron chi connectivity index (χ3n) is 7.37. The van der Waals surface area contributed by atoms with Crippen LogP contribution in [0.25, 0.3) is 16.0 Å². The van der Waals surface area contributed by atoms with E-state index in [4.69, 9.17) is 29.2 Å². The lowest BCUT2D eigenvalue weighted by Gasteiger charge is -2.36. The van der Waals surface area contributed by atoms with Crippen molar-refractivity contribution in [1.29, 1.82) is 0 Å². The molecule has 0 saturated carbocycles. The number of ether oxygens (including phenoxy) is 5. The number of amides is 2. The van der Waals surface area contributed by atoms with Gasteiger partial charge in [-0.3, -0.25) is 4.90 Å². The summed E-state index contributed by atoms with van der Waals surface area (Å²) < 4.78 is 29.8. The number of hydrogen-bond acceptors (Lipinski definition) is 11. The Morgan fingerprint density at radius 3 is 2.37 bits per heavy atom. The van der Waals surface area contributed by atoms with E-state index in [0.29, 0.717) is 29.7 Å². The molecule has 0 unspecified atom stereocenters. The lowest BCUT2D eigenvalue weighted by Crippen LogP contribution is -2.51. The fourth-order valence-corrected chi connectivity index (χ4v) is 5.89. The van der Waals surface area contributed by atoms with E-state index >= 15 is 0 Å². The van der Waals surface area contributed by atoms with Gasteiger partial charge in [-0.15, -0.1) is 0 Å². The fraction of sp³-hybridized carbons (Fsp3) is 0.710. The molecule has 0 aromatic carbocycles. The first-order valence-electron chi connectivity index (χ1n) is 15.4. The maximum Gasteiger partial charge on any atom is 0.411 e. The molecule has 0 radical (unpaired) electrons. The predicted octanol–water partition coefficient (Wildman–Crippen LogP) is 5.35. The third-order valence-corrected chi connectivity index (χ3v) is 7.37. The van der Waals surface area contributed by atoms with Crippen molar-refractivity contribution in [3.05, 3.63) is 34.1 Å². The topological polar surface area (TPSA) is 187 Å². The molecule has 1 N–H and O–H groups in total. The maximum atomic E-state index is 14.0. The molecule has 3 aliphatic rings. The molecule has 46 heavy (non-hydrogen) atoms. The van der Waals surface area contributed by atoms with Gasteiger partial charge in [0, 0.05) is 10.5 Å². The number of aromatic nitrogens is 2. The zero-order valence-electron chi connectivity index (χ0n) is 28.2. The van der Waals surface area contributed by atoms with E-state index in [0.717, 1.165) is 0 Å². The Bertz CT molecular complexity index is 1420. The van der Waals surface area contributed by atoms with Crippen LogP contribution in [0.3, 0.4) is 0 Å². The lowest BCUT2D eigenvalue weighted by atomic mass is 9.99. The van der Waals surface area contributed by atoms with Crippen molar-refractivity contribution in [3.8, 4) is 0 Å². The minimum Gasteiger partial charge on any atom is -0.462 e. The Hall–Kier alpha value is -3.94. The zero-order valence-corrected chi connectivity index (χ0v) is 28.2. The highest BCUT2D eigenvalue weighted by molar-refractivity contribution is 5.83. The summed E-state index contributed by atoms with van der Waals surface area (Å²) in [5, 5.41) is 6.34. The number of hydrogen-bond donors (Lipinski definition) is 1. The molecule has 2 aliphatic heterocycles. The van der Waals surface area contributed by atoms with Gasteiger partial charge in [-0.05, 0) is 90.4 Å². The first-order chi connectivity index (χ1) is 21.3. The minimum absolute atomic E-state index is 0.0463. The van der Waals surface area contributed by atoms with Gasteiger partial charge in [0.15, 0.2) is 5.79 Å². The van der Waals surface area contributed by atoms with Crippen molar-refractivity contribution in [2.45, 2.75) is 129 Å². The number of alkyl carbamates (subject to hydrolysis) is 1. The van der Waals surface area contributed by atoms with Gasteiger partial charge in [0.25, 0.3) is 0 Å². The molecule has 15 heteroatoms. The van der Waals surface area contributed by atoms with Crippen LogP contribution in [0.1, 0.15) is 86.9 Å². The number of nitrogens with zero attached hydrogens (tertiary/aromatic N) is 6. The number of allylic oxidation sites excluding steroid dienone is 1. The molecular weight excluding hydrogens is 598 g/mol. The highest BCUT2D eigenvalue weighted by Crippen LogP contribution is 2.47. The van der Waals surface area contributed by atoms with Crippen LogP contribution in [0.4, 0.5) is 15.4 Å². The Morgan fingerprint density at radius 2 is 1.76 bits per heavy atom. The van der Waals surface area contributed by atoms with Crippen molar-refractivity contribution in [3.63, 3.8) is 0 Å². The van der Waals surface area contributed by atoms with Crippen LogP contribution in [-0.4, -0.2) is 87.0 Å². The van der Waals surface area contributed by atoms with Crippen LogP contribution in [0, 0.1) is 5.92 Å². The average Bonchev–Trinajstić information content (AvgIpc) is 3.54. The molecule has 3 heterocycles. The van der Waals surface area contributed by atoms with Gasteiger partial charge >= 0.3 is 18.2 Å². The number of rotatable bonds is 8. The van der Waals surface area contributed by atoms with E-state index in [2.05, 4.69) is 25.3 Å². The van der Waals surface area contributed by atoms with Crippen molar-refractivity contribution in [1.82, 2.24) is 20.2 Å². The average molecular weight is 644 g/mol. The van der Waals surface area contributed by atoms with Gasteiger partial charge in [-0.2, -0.15) is 0 Å². The summed E-state index contributed by atoms with van der Waals surface area (Å²) in [4.78, 5) is 53.0.